The summed E-state index contributed by atoms with van der Waals surface area (Å²) in [6.07, 6.45) is 2.20. The van der Waals surface area contributed by atoms with Crippen LogP contribution >= 0.6 is 0 Å². The van der Waals surface area contributed by atoms with Gasteiger partial charge in [0.05, 0.1) is 13.3 Å². The molecule has 0 saturated heterocycles. The molecule has 31 heavy (non-hydrogen) atoms. The van der Waals surface area contributed by atoms with E-state index in [0.29, 0.717) is 18.7 Å². The summed E-state index contributed by atoms with van der Waals surface area (Å²) < 4.78 is 16.7. The van der Waals surface area contributed by atoms with Crippen molar-refractivity contribution in [3.05, 3.63) is 84.2 Å². The molecule has 0 radical (unpaired) electrons. The van der Waals surface area contributed by atoms with Crippen molar-refractivity contribution in [3.63, 3.8) is 0 Å². The van der Waals surface area contributed by atoms with E-state index in [2.05, 4.69) is 10.3 Å². The molecule has 1 aromatic heterocycles. The fourth-order valence-electron chi connectivity index (χ4n) is 2.92. The Morgan fingerprint density at radius 3 is 2.48 bits per heavy atom. The summed E-state index contributed by atoms with van der Waals surface area (Å²) in [5.41, 5.74) is 2.98. The summed E-state index contributed by atoms with van der Waals surface area (Å²) in [7, 11) is 5.57. The number of ether oxygens (including phenoxy) is 3. The number of pyridine rings is 1. The van der Waals surface area contributed by atoms with Gasteiger partial charge in [-0.1, -0.05) is 24.3 Å². The second-order valence-corrected chi connectivity index (χ2v) is 7.11. The zero-order chi connectivity index (χ0) is 22.1. The first-order chi connectivity index (χ1) is 15.0. The maximum Gasteiger partial charge on any atom is 0.410 e. The molecule has 1 heterocycles. The van der Waals surface area contributed by atoms with E-state index in [-0.39, 0.29) is 0 Å². The van der Waals surface area contributed by atoms with Crippen molar-refractivity contribution in [2.75, 3.05) is 26.1 Å². The number of nitrogens with one attached hydrogen (secondary N) is 1. The zero-order valence-electron chi connectivity index (χ0n) is 17.9. The van der Waals surface area contributed by atoms with Crippen LogP contribution < -0.4 is 19.7 Å². The molecule has 162 valence electrons. The molecular formula is C24H27N3O4. The van der Waals surface area contributed by atoms with Crippen LogP contribution in [0.3, 0.4) is 0 Å². The van der Waals surface area contributed by atoms with Crippen molar-refractivity contribution in [2.24, 2.45) is 0 Å². The van der Waals surface area contributed by atoms with Crippen LogP contribution in [0.2, 0.25) is 0 Å². The number of aromatic nitrogens is 1. The standard InChI is InChI=1S/C24H27N3O4/c1-27(2)20-11-9-18(10-12-20)16-26-24(28)31-23(30-22-8-5-13-25-17-22)15-19-6-4-7-21(14-19)29-3/h4-14,17,23H,15-16H2,1-3H3,(H,26,28). The first-order valence-corrected chi connectivity index (χ1v) is 9.94. The molecule has 0 spiro atoms. The Morgan fingerprint density at radius 2 is 1.81 bits per heavy atom. The van der Waals surface area contributed by atoms with Crippen LogP contribution in [0.25, 0.3) is 0 Å². The van der Waals surface area contributed by atoms with Crippen LogP contribution in [0, 0.1) is 0 Å². The highest BCUT2D eigenvalue weighted by Gasteiger charge is 2.18. The Labute approximate surface area is 182 Å². The van der Waals surface area contributed by atoms with Crippen molar-refractivity contribution in [1.82, 2.24) is 10.3 Å². The highest BCUT2D eigenvalue weighted by molar-refractivity contribution is 5.67. The number of benzene rings is 2. The molecule has 0 aliphatic heterocycles. The number of hydrogen-bond donors (Lipinski definition) is 1. The third-order valence-electron chi connectivity index (χ3n) is 4.57. The number of anilines is 1. The summed E-state index contributed by atoms with van der Waals surface area (Å²) in [4.78, 5) is 18.5. The first kappa shape index (κ1) is 22.0. The van der Waals surface area contributed by atoms with E-state index in [1.54, 1.807) is 31.6 Å². The Kier molecular flexibility index (Phi) is 7.70. The van der Waals surface area contributed by atoms with E-state index >= 15 is 0 Å². The molecule has 0 fully saturated rings. The topological polar surface area (TPSA) is 72.9 Å². The summed E-state index contributed by atoms with van der Waals surface area (Å²) in [5.74, 6) is 1.24. The predicted octanol–water partition coefficient (Wildman–Crippen LogP) is 4.03. The van der Waals surface area contributed by atoms with Crippen molar-refractivity contribution >= 4 is 11.8 Å². The van der Waals surface area contributed by atoms with Crippen LogP contribution in [-0.4, -0.2) is 38.6 Å². The van der Waals surface area contributed by atoms with Crippen LogP contribution in [0.5, 0.6) is 11.5 Å². The van der Waals surface area contributed by atoms with Gasteiger partial charge in [0.15, 0.2) is 0 Å². The van der Waals surface area contributed by atoms with Crippen molar-refractivity contribution in [1.29, 1.82) is 0 Å². The number of rotatable bonds is 9. The highest BCUT2D eigenvalue weighted by Crippen LogP contribution is 2.18. The average Bonchev–Trinajstić information content (AvgIpc) is 2.78. The lowest BCUT2D eigenvalue weighted by Gasteiger charge is -2.20. The molecule has 1 amide bonds. The lowest BCUT2D eigenvalue weighted by atomic mass is 10.1. The van der Waals surface area contributed by atoms with Gasteiger partial charge in [0.2, 0.25) is 6.29 Å². The molecule has 7 nitrogen and oxygen atoms in total. The SMILES string of the molecule is COc1cccc(CC(OC(=O)NCc2ccc(N(C)C)cc2)Oc2cccnc2)c1. The van der Waals surface area contributed by atoms with Crippen molar-refractivity contribution in [2.45, 2.75) is 19.3 Å². The summed E-state index contributed by atoms with van der Waals surface area (Å²) in [5, 5.41) is 2.78. The third kappa shape index (κ3) is 6.92. The molecule has 7 heteroatoms. The number of alkyl carbamates (subject to hydrolysis) is 1. The average molecular weight is 421 g/mol. The minimum atomic E-state index is -0.826. The third-order valence-corrected chi connectivity index (χ3v) is 4.57. The number of hydrogen-bond acceptors (Lipinski definition) is 6. The normalized spacial score (nSPS) is 11.3. The van der Waals surface area contributed by atoms with Gasteiger partial charge in [0.25, 0.3) is 0 Å². The van der Waals surface area contributed by atoms with Gasteiger partial charge < -0.3 is 24.4 Å². The summed E-state index contributed by atoms with van der Waals surface area (Å²) in [6.45, 7) is 0.352. The highest BCUT2D eigenvalue weighted by atomic mass is 16.7. The molecule has 1 unspecified atom stereocenters. The molecule has 3 aromatic rings. The van der Waals surface area contributed by atoms with Gasteiger partial charge >= 0.3 is 6.09 Å². The van der Waals surface area contributed by atoms with Crippen LogP contribution in [0.4, 0.5) is 10.5 Å². The van der Waals surface area contributed by atoms with Crippen molar-refractivity contribution < 1.29 is 19.0 Å². The van der Waals surface area contributed by atoms with Gasteiger partial charge in [0, 0.05) is 38.9 Å². The molecule has 3 rings (SSSR count). The van der Waals surface area contributed by atoms with Crippen LogP contribution in [0.1, 0.15) is 11.1 Å². The Bertz CT molecular complexity index is 962. The fraction of sp³-hybridized carbons (Fsp3) is 0.250. The fourth-order valence-corrected chi connectivity index (χ4v) is 2.92. The monoisotopic (exact) mass is 421 g/mol. The molecule has 0 bridgehead atoms. The Hall–Kier alpha value is -3.74. The molecule has 0 aliphatic carbocycles. The minimum Gasteiger partial charge on any atom is -0.497 e. The summed E-state index contributed by atoms with van der Waals surface area (Å²) >= 11 is 0. The largest absolute Gasteiger partial charge is 0.497 e. The van der Waals surface area contributed by atoms with Gasteiger partial charge in [-0.2, -0.15) is 0 Å². The van der Waals surface area contributed by atoms with E-state index < -0.39 is 12.4 Å². The van der Waals surface area contributed by atoms with E-state index in [0.717, 1.165) is 22.6 Å². The number of amides is 1. The number of methoxy groups -OCH3 is 1. The second-order valence-electron chi connectivity index (χ2n) is 7.11. The predicted molar refractivity (Wildman–Crippen MR) is 119 cm³/mol. The smallest absolute Gasteiger partial charge is 0.410 e. The number of carbonyl (C=O) groups is 1. The van der Waals surface area contributed by atoms with E-state index in [4.69, 9.17) is 14.2 Å². The first-order valence-electron chi connectivity index (χ1n) is 9.94. The Balaban J connectivity index is 1.63. The zero-order valence-corrected chi connectivity index (χ0v) is 17.9. The lowest BCUT2D eigenvalue weighted by molar-refractivity contribution is -0.0315. The maximum atomic E-state index is 12.4. The van der Waals surface area contributed by atoms with Crippen LogP contribution in [0.15, 0.2) is 73.1 Å². The quantitative estimate of drug-likeness (QED) is 0.526. The Morgan fingerprint density at radius 1 is 1.03 bits per heavy atom. The molecule has 0 aliphatic rings. The van der Waals surface area contributed by atoms with E-state index in [9.17, 15) is 4.79 Å². The van der Waals surface area contributed by atoms with Gasteiger partial charge in [0.1, 0.15) is 11.5 Å². The van der Waals surface area contributed by atoms with E-state index in [1.165, 1.54) is 0 Å². The van der Waals surface area contributed by atoms with Gasteiger partial charge in [-0.15, -0.1) is 0 Å². The molecule has 0 saturated carbocycles. The molecule has 2 aromatic carbocycles. The van der Waals surface area contributed by atoms with Gasteiger partial charge in [-0.25, -0.2) is 4.79 Å². The van der Waals surface area contributed by atoms with Crippen LogP contribution in [-0.2, 0) is 17.7 Å². The number of carbonyl (C=O) groups excluding carboxylic acids is 1. The molecule has 1 atom stereocenters. The maximum absolute atomic E-state index is 12.4. The lowest BCUT2D eigenvalue weighted by Crippen LogP contribution is -2.33. The summed E-state index contributed by atoms with van der Waals surface area (Å²) in [6, 6.07) is 19.0. The van der Waals surface area contributed by atoms with Gasteiger partial charge in [-0.3, -0.25) is 4.98 Å². The minimum absolute atomic E-state index is 0.352. The van der Waals surface area contributed by atoms with E-state index in [1.807, 2.05) is 67.5 Å². The van der Waals surface area contributed by atoms with Crippen molar-refractivity contribution in [3.8, 4) is 11.5 Å². The second kappa shape index (κ2) is 10.9. The number of nitrogens with zero attached hydrogens (tertiary/aromatic N) is 2. The molecular weight excluding hydrogens is 394 g/mol. The molecule has 1 N–H and O–H groups in total. The van der Waals surface area contributed by atoms with Gasteiger partial charge in [-0.05, 0) is 47.5 Å².